The Morgan fingerprint density at radius 3 is 2.62 bits per heavy atom. The molecular weight excluding hydrogens is 364 g/mol. The number of nitrogens with one attached hydrogen (secondary N) is 1. The van der Waals surface area contributed by atoms with Gasteiger partial charge in [0.1, 0.15) is 4.21 Å². The molecule has 2 heterocycles. The summed E-state index contributed by atoms with van der Waals surface area (Å²) in [7, 11) is -3.56. The van der Waals surface area contributed by atoms with Gasteiger partial charge in [-0.1, -0.05) is 30.7 Å². The summed E-state index contributed by atoms with van der Waals surface area (Å²) in [6.45, 7) is 5.59. The van der Waals surface area contributed by atoms with Gasteiger partial charge in [-0.2, -0.15) is 0 Å². The topological polar surface area (TPSA) is 49.4 Å². The lowest BCUT2D eigenvalue weighted by Crippen LogP contribution is -2.20. The van der Waals surface area contributed by atoms with Gasteiger partial charge >= 0.3 is 0 Å². The summed E-state index contributed by atoms with van der Waals surface area (Å²) >= 11 is 6.87. The second-order valence-electron chi connectivity index (χ2n) is 6.07. The third-order valence-corrected chi connectivity index (χ3v) is 7.36. The number of hydrogen-bond donors (Lipinski definition) is 1. The van der Waals surface area contributed by atoms with Crippen molar-refractivity contribution in [2.45, 2.75) is 29.9 Å². The fraction of sp³-hybridized carbons (Fsp3) is 0.412. The van der Waals surface area contributed by atoms with Gasteiger partial charge in [0, 0.05) is 12.2 Å². The lowest BCUT2D eigenvalue weighted by atomic mass is 9.98. The van der Waals surface area contributed by atoms with Crippen LogP contribution in [0.3, 0.4) is 0 Å². The molecule has 1 aromatic carbocycles. The number of likely N-dealkylation sites (tertiary alicyclic amines) is 1. The highest BCUT2D eigenvalue weighted by Gasteiger charge is 2.23. The van der Waals surface area contributed by atoms with Gasteiger partial charge in [0.05, 0.1) is 4.34 Å². The van der Waals surface area contributed by atoms with E-state index in [1.54, 1.807) is 6.07 Å². The number of hydrogen-bond acceptors (Lipinski definition) is 4. The zero-order valence-electron chi connectivity index (χ0n) is 13.5. The maximum Gasteiger partial charge on any atom is 0.271 e. The molecular formula is C17H21ClN2O2S2. The fourth-order valence-corrected chi connectivity index (χ4v) is 5.64. The zero-order valence-corrected chi connectivity index (χ0v) is 15.9. The molecule has 130 valence electrons. The van der Waals surface area contributed by atoms with Crippen molar-refractivity contribution in [3.8, 4) is 0 Å². The van der Waals surface area contributed by atoms with E-state index < -0.39 is 10.0 Å². The molecule has 0 amide bonds. The number of anilines is 1. The van der Waals surface area contributed by atoms with E-state index in [1.165, 1.54) is 24.5 Å². The average molecular weight is 385 g/mol. The van der Waals surface area contributed by atoms with E-state index >= 15 is 0 Å². The van der Waals surface area contributed by atoms with Gasteiger partial charge in [0.15, 0.2) is 0 Å². The quantitative estimate of drug-likeness (QED) is 0.802. The van der Waals surface area contributed by atoms with Crippen LogP contribution in [0.4, 0.5) is 5.69 Å². The lowest BCUT2D eigenvalue weighted by molar-refractivity contribution is 0.335. The first-order valence-corrected chi connectivity index (χ1v) is 10.8. The van der Waals surface area contributed by atoms with Crippen LogP contribution in [-0.4, -0.2) is 33.0 Å². The Hall–Kier alpha value is -1.08. The number of benzene rings is 1. The van der Waals surface area contributed by atoms with Crippen LogP contribution in [0, 0.1) is 0 Å². The molecule has 0 radical (unpaired) electrons. The van der Waals surface area contributed by atoms with Gasteiger partial charge in [-0.15, -0.1) is 11.3 Å². The van der Waals surface area contributed by atoms with Crippen LogP contribution in [0.5, 0.6) is 0 Å². The molecule has 4 nitrogen and oxygen atoms in total. The summed E-state index contributed by atoms with van der Waals surface area (Å²) in [4.78, 5) is 2.49. The van der Waals surface area contributed by atoms with Crippen LogP contribution in [0.15, 0.2) is 40.6 Å². The second kappa shape index (κ2) is 7.44. The fourth-order valence-electron chi connectivity index (χ4n) is 3.09. The molecule has 0 aliphatic carbocycles. The van der Waals surface area contributed by atoms with Crippen molar-refractivity contribution in [2.75, 3.05) is 24.4 Å². The Labute approximate surface area is 152 Å². The maximum atomic E-state index is 12.3. The van der Waals surface area contributed by atoms with Gasteiger partial charge in [-0.3, -0.25) is 4.72 Å². The van der Waals surface area contributed by atoms with E-state index in [2.05, 4.69) is 16.5 Å². The van der Waals surface area contributed by atoms with Crippen molar-refractivity contribution >= 4 is 38.6 Å². The molecule has 0 saturated carbocycles. The highest BCUT2D eigenvalue weighted by Crippen LogP contribution is 2.30. The number of thiophene rings is 1. The summed E-state index contributed by atoms with van der Waals surface area (Å²) in [5.74, 6) is 0.540. The predicted molar refractivity (Wildman–Crippen MR) is 101 cm³/mol. The summed E-state index contributed by atoms with van der Waals surface area (Å²) in [5, 5.41) is 0. The molecule has 1 aliphatic heterocycles. The molecule has 1 aliphatic rings. The van der Waals surface area contributed by atoms with Gasteiger partial charge in [0.25, 0.3) is 10.0 Å². The van der Waals surface area contributed by atoms with Crippen LogP contribution < -0.4 is 4.72 Å². The van der Waals surface area contributed by atoms with Gasteiger partial charge < -0.3 is 4.90 Å². The minimum absolute atomic E-state index is 0.225. The van der Waals surface area contributed by atoms with Crippen molar-refractivity contribution in [1.29, 1.82) is 0 Å². The SMILES string of the molecule is CCCN1CC[C@@H](c2ccc(NS(=O)(=O)c3ccc(Cl)s3)cc2)C1. The molecule has 1 fully saturated rings. The first kappa shape index (κ1) is 17.7. The first-order valence-electron chi connectivity index (χ1n) is 8.08. The van der Waals surface area contributed by atoms with Crippen LogP contribution >= 0.6 is 22.9 Å². The van der Waals surface area contributed by atoms with Crippen LogP contribution in [0.1, 0.15) is 31.2 Å². The molecule has 2 aromatic rings. The Morgan fingerprint density at radius 1 is 1.25 bits per heavy atom. The number of sulfonamides is 1. The maximum absolute atomic E-state index is 12.3. The molecule has 0 unspecified atom stereocenters. The third kappa shape index (κ3) is 4.11. The summed E-state index contributed by atoms with van der Waals surface area (Å²) in [5.41, 5.74) is 1.85. The molecule has 3 rings (SSSR count). The third-order valence-electron chi connectivity index (χ3n) is 4.26. The smallest absolute Gasteiger partial charge is 0.271 e. The molecule has 0 bridgehead atoms. The van der Waals surface area contributed by atoms with Crippen LogP contribution in [-0.2, 0) is 10.0 Å². The summed E-state index contributed by atoms with van der Waals surface area (Å²) in [6.07, 6.45) is 2.35. The predicted octanol–water partition coefficient (Wildman–Crippen LogP) is 4.40. The van der Waals surface area contributed by atoms with E-state index in [-0.39, 0.29) is 4.21 Å². The van der Waals surface area contributed by atoms with E-state index in [4.69, 9.17) is 11.6 Å². The molecule has 1 atom stereocenters. The molecule has 24 heavy (non-hydrogen) atoms. The van der Waals surface area contributed by atoms with Crippen molar-refractivity contribution in [3.05, 3.63) is 46.3 Å². The van der Waals surface area contributed by atoms with E-state index in [0.29, 0.717) is 15.9 Å². The molecule has 0 spiro atoms. The van der Waals surface area contributed by atoms with Gasteiger partial charge in [-0.25, -0.2) is 8.42 Å². The lowest BCUT2D eigenvalue weighted by Gasteiger charge is -2.15. The first-order chi connectivity index (χ1) is 11.5. The van der Waals surface area contributed by atoms with Gasteiger partial charge in [0.2, 0.25) is 0 Å². The van der Waals surface area contributed by atoms with E-state index in [1.807, 2.05) is 24.3 Å². The summed E-state index contributed by atoms with van der Waals surface area (Å²) < 4.78 is 27.9. The Balaban J connectivity index is 1.67. The standard InChI is InChI=1S/C17H21ClN2O2S2/c1-2-10-20-11-9-14(12-20)13-3-5-15(6-4-13)19-24(21,22)17-8-7-16(18)23-17/h3-8,14,19H,2,9-12H2,1H3/t14-/m1/s1. The molecule has 1 N–H and O–H groups in total. The highest BCUT2D eigenvalue weighted by molar-refractivity contribution is 7.94. The molecule has 1 saturated heterocycles. The van der Waals surface area contributed by atoms with E-state index in [9.17, 15) is 8.42 Å². The Morgan fingerprint density at radius 2 is 2.00 bits per heavy atom. The minimum atomic E-state index is -3.56. The van der Waals surface area contributed by atoms with Crippen molar-refractivity contribution in [2.24, 2.45) is 0 Å². The van der Waals surface area contributed by atoms with Crippen molar-refractivity contribution < 1.29 is 8.42 Å². The Bertz CT molecular complexity index is 787. The van der Waals surface area contributed by atoms with Gasteiger partial charge in [-0.05, 0) is 61.7 Å². The van der Waals surface area contributed by atoms with E-state index in [0.717, 1.165) is 31.0 Å². The largest absolute Gasteiger partial charge is 0.303 e. The van der Waals surface area contributed by atoms with Crippen LogP contribution in [0.25, 0.3) is 0 Å². The summed E-state index contributed by atoms with van der Waals surface area (Å²) in [6, 6.07) is 10.8. The minimum Gasteiger partial charge on any atom is -0.303 e. The number of nitrogens with zero attached hydrogens (tertiary/aromatic N) is 1. The molecule has 7 heteroatoms. The number of rotatable bonds is 6. The zero-order chi connectivity index (χ0) is 17.2. The Kier molecular flexibility index (Phi) is 5.49. The van der Waals surface area contributed by atoms with Crippen molar-refractivity contribution in [3.63, 3.8) is 0 Å². The average Bonchev–Trinajstić information content (AvgIpc) is 3.18. The normalized spacial score (nSPS) is 18.8. The monoisotopic (exact) mass is 384 g/mol. The second-order valence-corrected chi connectivity index (χ2v) is 9.70. The van der Waals surface area contributed by atoms with Crippen LogP contribution in [0.2, 0.25) is 4.34 Å². The number of halogens is 1. The molecule has 1 aromatic heterocycles. The van der Waals surface area contributed by atoms with Crippen molar-refractivity contribution in [1.82, 2.24) is 4.90 Å². The highest BCUT2D eigenvalue weighted by atomic mass is 35.5.